The van der Waals surface area contributed by atoms with Gasteiger partial charge in [-0.2, -0.15) is 0 Å². The van der Waals surface area contributed by atoms with Gasteiger partial charge in [-0.25, -0.2) is 0 Å². The third kappa shape index (κ3) is 2.70. The molecule has 5 heteroatoms. The lowest BCUT2D eigenvalue weighted by molar-refractivity contribution is -0.215. The Morgan fingerprint density at radius 1 is 1.10 bits per heavy atom. The van der Waals surface area contributed by atoms with Crippen LogP contribution in [-0.4, -0.2) is 27.2 Å². The summed E-state index contributed by atoms with van der Waals surface area (Å²) in [7, 11) is 4.40. The van der Waals surface area contributed by atoms with Gasteiger partial charge in [-0.3, -0.25) is 4.79 Å². The number of methoxy groups -OCH3 is 2. The highest BCUT2D eigenvalue weighted by atomic mass is 16.7. The van der Waals surface area contributed by atoms with Gasteiger partial charge in [-0.15, -0.1) is 0 Å². The molecule has 5 nitrogen and oxygen atoms in total. The van der Waals surface area contributed by atoms with Crippen molar-refractivity contribution in [3.05, 3.63) is 47.7 Å². The maximum atomic E-state index is 12.1. The Kier molecular flexibility index (Phi) is 4.45. The predicted octanol–water partition coefficient (Wildman–Crippen LogP) is 2.45. The predicted molar refractivity (Wildman–Crippen MR) is 78.6 cm³/mol. The highest BCUT2D eigenvalue weighted by Crippen LogP contribution is 2.29. The molecule has 2 aromatic rings. The Hall–Kier alpha value is -2.11. The standard InChI is InChI=1S/C16H19NO4/c1-11-5-10-14(21-11)12-6-8-13(9-7-12)16(19-3,20-4)15(18)17-2/h5-10H,1-4H3,(H,17,18). The molecule has 0 aliphatic carbocycles. The number of ether oxygens (including phenoxy) is 2. The maximum Gasteiger partial charge on any atom is 0.285 e. The molecule has 1 amide bonds. The number of nitrogens with one attached hydrogen (secondary N) is 1. The summed E-state index contributed by atoms with van der Waals surface area (Å²) in [5, 5.41) is 2.55. The summed E-state index contributed by atoms with van der Waals surface area (Å²) in [6, 6.07) is 11.1. The molecule has 1 aromatic heterocycles. The Bertz CT molecular complexity index is 611. The molecule has 21 heavy (non-hydrogen) atoms. The zero-order valence-electron chi connectivity index (χ0n) is 12.6. The van der Waals surface area contributed by atoms with Crippen molar-refractivity contribution < 1.29 is 18.7 Å². The van der Waals surface area contributed by atoms with Crippen LogP contribution in [0.15, 0.2) is 40.8 Å². The summed E-state index contributed by atoms with van der Waals surface area (Å²) in [5.41, 5.74) is 1.53. The van der Waals surface area contributed by atoms with Crippen LogP contribution in [0, 0.1) is 6.92 Å². The molecular formula is C16H19NO4. The first kappa shape index (κ1) is 15.3. The number of furan rings is 1. The summed E-state index contributed by atoms with van der Waals surface area (Å²) in [5.74, 6) is -0.192. The highest BCUT2D eigenvalue weighted by Gasteiger charge is 2.40. The molecule has 0 atom stereocenters. The van der Waals surface area contributed by atoms with E-state index in [1.807, 2.05) is 31.2 Å². The molecular weight excluding hydrogens is 270 g/mol. The smallest absolute Gasteiger partial charge is 0.285 e. The normalized spacial score (nSPS) is 11.4. The van der Waals surface area contributed by atoms with E-state index in [0.717, 1.165) is 17.1 Å². The monoisotopic (exact) mass is 289 g/mol. The van der Waals surface area contributed by atoms with Crippen molar-refractivity contribution in [1.29, 1.82) is 0 Å². The van der Waals surface area contributed by atoms with E-state index in [1.165, 1.54) is 21.3 Å². The van der Waals surface area contributed by atoms with Crippen molar-refractivity contribution in [2.45, 2.75) is 12.7 Å². The fraction of sp³-hybridized carbons (Fsp3) is 0.312. The molecule has 0 spiro atoms. The molecule has 0 aliphatic heterocycles. The quantitative estimate of drug-likeness (QED) is 0.859. The maximum absolute atomic E-state index is 12.1. The largest absolute Gasteiger partial charge is 0.461 e. The average Bonchev–Trinajstić information content (AvgIpc) is 2.96. The first-order valence-corrected chi connectivity index (χ1v) is 6.57. The molecule has 0 saturated carbocycles. The summed E-state index contributed by atoms with van der Waals surface area (Å²) in [6.45, 7) is 1.89. The molecule has 1 heterocycles. The molecule has 1 N–H and O–H groups in total. The van der Waals surface area contributed by atoms with Gasteiger partial charge < -0.3 is 19.2 Å². The van der Waals surface area contributed by atoms with Gasteiger partial charge in [-0.05, 0) is 19.1 Å². The number of benzene rings is 1. The second kappa shape index (κ2) is 6.11. The number of carbonyl (C=O) groups excluding carboxylic acids is 1. The minimum atomic E-state index is -1.45. The van der Waals surface area contributed by atoms with E-state index >= 15 is 0 Å². The third-order valence-corrected chi connectivity index (χ3v) is 3.39. The summed E-state index contributed by atoms with van der Waals surface area (Å²) >= 11 is 0. The number of hydrogen-bond donors (Lipinski definition) is 1. The molecule has 2 rings (SSSR count). The zero-order chi connectivity index (χ0) is 15.5. The Morgan fingerprint density at radius 2 is 1.71 bits per heavy atom. The Balaban J connectivity index is 2.38. The second-order valence-electron chi connectivity index (χ2n) is 4.59. The molecule has 0 aliphatic rings. The number of amides is 1. The van der Waals surface area contributed by atoms with Crippen molar-refractivity contribution >= 4 is 5.91 Å². The highest BCUT2D eigenvalue weighted by molar-refractivity contribution is 5.85. The van der Waals surface area contributed by atoms with E-state index in [2.05, 4.69) is 5.32 Å². The van der Waals surface area contributed by atoms with Crippen LogP contribution in [0.5, 0.6) is 0 Å². The topological polar surface area (TPSA) is 60.7 Å². The van der Waals surface area contributed by atoms with Gasteiger partial charge in [0.15, 0.2) is 0 Å². The lowest BCUT2D eigenvalue weighted by Crippen LogP contribution is -2.46. The van der Waals surface area contributed by atoms with Crippen molar-refractivity contribution in [2.24, 2.45) is 0 Å². The van der Waals surface area contributed by atoms with Crippen LogP contribution in [0.2, 0.25) is 0 Å². The van der Waals surface area contributed by atoms with Gasteiger partial charge in [0.25, 0.3) is 11.7 Å². The minimum Gasteiger partial charge on any atom is -0.461 e. The van der Waals surface area contributed by atoms with E-state index in [1.54, 1.807) is 12.1 Å². The summed E-state index contributed by atoms with van der Waals surface area (Å²) < 4.78 is 16.2. The lowest BCUT2D eigenvalue weighted by atomic mass is 10.0. The van der Waals surface area contributed by atoms with Crippen LogP contribution in [0.25, 0.3) is 11.3 Å². The fourth-order valence-corrected chi connectivity index (χ4v) is 2.24. The zero-order valence-corrected chi connectivity index (χ0v) is 12.6. The number of hydrogen-bond acceptors (Lipinski definition) is 4. The van der Waals surface area contributed by atoms with Crippen LogP contribution >= 0.6 is 0 Å². The van der Waals surface area contributed by atoms with Crippen LogP contribution in [0.1, 0.15) is 11.3 Å². The van der Waals surface area contributed by atoms with Crippen LogP contribution in [0.3, 0.4) is 0 Å². The average molecular weight is 289 g/mol. The van der Waals surface area contributed by atoms with E-state index in [0.29, 0.717) is 5.56 Å². The van der Waals surface area contributed by atoms with Crippen LogP contribution in [0.4, 0.5) is 0 Å². The molecule has 1 aromatic carbocycles. The number of rotatable bonds is 5. The molecule has 0 radical (unpaired) electrons. The van der Waals surface area contributed by atoms with Crippen molar-refractivity contribution in [2.75, 3.05) is 21.3 Å². The lowest BCUT2D eigenvalue weighted by Gasteiger charge is -2.29. The molecule has 0 fully saturated rings. The minimum absolute atomic E-state index is 0.367. The Morgan fingerprint density at radius 3 is 2.14 bits per heavy atom. The van der Waals surface area contributed by atoms with E-state index in [-0.39, 0.29) is 5.91 Å². The van der Waals surface area contributed by atoms with Gasteiger partial charge in [0, 0.05) is 32.4 Å². The van der Waals surface area contributed by atoms with Crippen LogP contribution in [-0.2, 0) is 20.1 Å². The first-order chi connectivity index (χ1) is 10.1. The number of carbonyl (C=O) groups is 1. The molecule has 0 unspecified atom stereocenters. The van der Waals surface area contributed by atoms with Gasteiger partial charge in [0.05, 0.1) is 0 Å². The number of aryl methyl sites for hydroxylation is 1. The van der Waals surface area contributed by atoms with Crippen molar-refractivity contribution in [3.63, 3.8) is 0 Å². The van der Waals surface area contributed by atoms with Crippen molar-refractivity contribution in [3.8, 4) is 11.3 Å². The molecule has 0 saturated heterocycles. The summed E-state index contributed by atoms with van der Waals surface area (Å²) in [4.78, 5) is 12.1. The number of likely N-dealkylation sites (N-methyl/N-ethyl adjacent to an activating group) is 1. The third-order valence-electron chi connectivity index (χ3n) is 3.39. The second-order valence-corrected chi connectivity index (χ2v) is 4.59. The van der Waals surface area contributed by atoms with Gasteiger partial charge in [0.2, 0.25) is 0 Å². The van der Waals surface area contributed by atoms with Crippen molar-refractivity contribution in [1.82, 2.24) is 5.32 Å². The molecule has 0 bridgehead atoms. The SMILES string of the molecule is CNC(=O)C(OC)(OC)c1ccc(-c2ccc(C)o2)cc1. The first-order valence-electron chi connectivity index (χ1n) is 6.57. The van der Waals surface area contributed by atoms with Gasteiger partial charge >= 0.3 is 0 Å². The van der Waals surface area contributed by atoms with E-state index in [9.17, 15) is 4.79 Å². The fourth-order valence-electron chi connectivity index (χ4n) is 2.24. The van der Waals surface area contributed by atoms with E-state index in [4.69, 9.17) is 13.9 Å². The van der Waals surface area contributed by atoms with Gasteiger partial charge in [0.1, 0.15) is 11.5 Å². The summed E-state index contributed by atoms with van der Waals surface area (Å²) in [6.07, 6.45) is 0. The molecule has 112 valence electrons. The Labute approximate surface area is 123 Å². The van der Waals surface area contributed by atoms with E-state index < -0.39 is 5.79 Å². The van der Waals surface area contributed by atoms with Crippen LogP contribution < -0.4 is 5.32 Å². The van der Waals surface area contributed by atoms with Gasteiger partial charge in [-0.1, -0.05) is 24.3 Å².